The maximum atomic E-state index is 14.8. The van der Waals surface area contributed by atoms with Crippen molar-refractivity contribution < 1.29 is 19.7 Å². The fourth-order valence-corrected chi connectivity index (χ4v) is 6.87. The van der Waals surface area contributed by atoms with Crippen molar-refractivity contribution in [3.63, 3.8) is 0 Å². The van der Waals surface area contributed by atoms with Crippen LogP contribution < -0.4 is 0 Å². The monoisotopic (exact) mass is 348 g/mol. The van der Waals surface area contributed by atoms with E-state index in [1.165, 1.54) is 0 Å². The molecule has 3 fully saturated rings. The summed E-state index contributed by atoms with van der Waals surface area (Å²) in [6, 6.07) is 0. The van der Waals surface area contributed by atoms with Gasteiger partial charge in [0.1, 0.15) is 6.17 Å². The normalized spacial score (nSPS) is 57.7. The molecule has 4 aliphatic carbocycles. The van der Waals surface area contributed by atoms with Crippen molar-refractivity contribution >= 4 is 0 Å². The molecule has 4 aliphatic rings. The van der Waals surface area contributed by atoms with Gasteiger partial charge in [-0.05, 0) is 61.7 Å². The van der Waals surface area contributed by atoms with Crippen molar-refractivity contribution in [2.45, 2.75) is 76.4 Å². The number of fused-ring (bicyclic) bond motifs is 5. The van der Waals surface area contributed by atoms with E-state index in [2.05, 4.69) is 12.8 Å². The van der Waals surface area contributed by atoms with Crippen LogP contribution in [0.1, 0.15) is 52.4 Å². The molecule has 0 unspecified atom stereocenters. The van der Waals surface area contributed by atoms with Crippen LogP contribution >= 0.6 is 0 Å². The van der Waals surface area contributed by atoms with Gasteiger partial charge in [-0.25, -0.2) is 4.39 Å². The molecular formula is C21H29FO3. The first-order chi connectivity index (χ1) is 11.7. The zero-order valence-corrected chi connectivity index (χ0v) is 15.1. The average Bonchev–Trinajstić information content (AvgIpc) is 2.77. The molecular weight excluding hydrogens is 319 g/mol. The summed E-state index contributed by atoms with van der Waals surface area (Å²) in [5.41, 5.74) is -1.33. The summed E-state index contributed by atoms with van der Waals surface area (Å²) in [5, 5.41) is 31.9. The van der Waals surface area contributed by atoms with Gasteiger partial charge in [-0.1, -0.05) is 31.4 Å². The van der Waals surface area contributed by atoms with Gasteiger partial charge in [-0.15, -0.1) is 6.42 Å². The molecule has 25 heavy (non-hydrogen) atoms. The lowest BCUT2D eigenvalue weighted by Gasteiger charge is -2.59. The van der Waals surface area contributed by atoms with E-state index in [1.807, 2.05) is 13.0 Å². The quantitative estimate of drug-likeness (QED) is 0.466. The second-order valence-corrected chi connectivity index (χ2v) is 9.36. The highest BCUT2D eigenvalue weighted by Gasteiger charge is 2.68. The lowest BCUT2D eigenvalue weighted by Crippen LogP contribution is -2.58. The molecule has 4 rings (SSSR count). The van der Waals surface area contributed by atoms with Crippen LogP contribution in [-0.4, -0.2) is 39.3 Å². The molecule has 0 heterocycles. The van der Waals surface area contributed by atoms with Crippen molar-refractivity contribution in [2.24, 2.45) is 28.6 Å². The van der Waals surface area contributed by atoms with Crippen molar-refractivity contribution in [1.82, 2.24) is 0 Å². The molecule has 0 saturated heterocycles. The SMILES string of the molecule is C#C[C@]1(O)[C@H](F)C[C@H]2[C@@H]3[C@@H](O)C=C4C[C@H](O)CC[C@]4(C)[C@H]3CC[C@@]21C. The van der Waals surface area contributed by atoms with Crippen LogP contribution in [0.3, 0.4) is 0 Å². The smallest absolute Gasteiger partial charge is 0.161 e. The predicted molar refractivity (Wildman–Crippen MR) is 93.2 cm³/mol. The van der Waals surface area contributed by atoms with Gasteiger partial charge in [-0.2, -0.15) is 0 Å². The van der Waals surface area contributed by atoms with E-state index < -0.39 is 23.3 Å². The highest BCUT2D eigenvalue weighted by molar-refractivity contribution is 5.32. The van der Waals surface area contributed by atoms with Gasteiger partial charge >= 0.3 is 0 Å². The molecule has 0 aliphatic heterocycles. The van der Waals surface area contributed by atoms with E-state index >= 15 is 0 Å². The molecule has 0 aromatic heterocycles. The topological polar surface area (TPSA) is 60.7 Å². The first kappa shape index (κ1) is 17.5. The fraction of sp³-hybridized carbons (Fsp3) is 0.810. The number of halogens is 1. The zero-order valence-electron chi connectivity index (χ0n) is 15.1. The molecule has 0 amide bonds. The van der Waals surface area contributed by atoms with Crippen LogP contribution in [-0.2, 0) is 0 Å². The van der Waals surface area contributed by atoms with Crippen molar-refractivity contribution in [3.8, 4) is 12.3 Å². The number of rotatable bonds is 0. The Balaban J connectivity index is 1.77. The third-order valence-electron chi connectivity index (χ3n) is 8.50. The maximum absolute atomic E-state index is 14.8. The lowest BCUT2D eigenvalue weighted by atomic mass is 9.46. The molecule has 0 radical (unpaired) electrons. The van der Waals surface area contributed by atoms with Gasteiger partial charge in [0.05, 0.1) is 12.2 Å². The van der Waals surface area contributed by atoms with Gasteiger partial charge in [0.2, 0.25) is 0 Å². The van der Waals surface area contributed by atoms with Gasteiger partial charge in [0.15, 0.2) is 5.60 Å². The molecule has 0 aromatic carbocycles. The first-order valence-corrected chi connectivity index (χ1v) is 9.59. The van der Waals surface area contributed by atoms with Crippen molar-refractivity contribution in [1.29, 1.82) is 0 Å². The molecule has 3 N–H and O–H groups in total. The first-order valence-electron chi connectivity index (χ1n) is 9.59. The summed E-state index contributed by atoms with van der Waals surface area (Å²) in [5.74, 6) is 2.41. The molecule has 0 bridgehead atoms. The summed E-state index contributed by atoms with van der Waals surface area (Å²) in [4.78, 5) is 0. The second-order valence-electron chi connectivity index (χ2n) is 9.36. The summed E-state index contributed by atoms with van der Waals surface area (Å²) in [6.07, 6.45) is 9.07. The molecule has 0 aromatic rings. The van der Waals surface area contributed by atoms with Crippen LogP contribution in [0.4, 0.5) is 4.39 Å². The standard InChI is InChI=1S/C21H29FO3/c1-4-21(25)17(22)11-15-18-14(6-8-20(15,21)3)19(2)7-5-13(23)9-12(19)10-16(18)24/h1,10,13-18,23-25H,5-9,11H2,2-3H3/t13-,14+,15+,16+,17-,18-,19+,20+,21+/m1/s1. The van der Waals surface area contributed by atoms with E-state index in [4.69, 9.17) is 6.42 Å². The molecule has 3 nitrogen and oxygen atoms in total. The van der Waals surface area contributed by atoms with E-state index in [0.717, 1.165) is 24.8 Å². The van der Waals surface area contributed by atoms with Crippen LogP contribution in [0.15, 0.2) is 11.6 Å². The molecule has 3 saturated carbocycles. The Bertz CT molecular complexity index is 654. The second kappa shape index (κ2) is 5.31. The van der Waals surface area contributed by atoms with Crippen LogP contribution in [0.25, 0.3) is 0 Å². The molecule has 138 valence electrons. The van der Waals surface area contributed by atoms with Crippen LogP contribution in [0.2, 0.25) is 0 Å². The minimum atomic E-state index is -1.74. The highest BCUT2D eigenvalue weighted by Crippen LogP contribution is 2.67. The van der Waals surface area contributed by atoms with Gasteiger partial charge < -0.3 is 15.3 Å². The number of aliphatic hydroxyl groups is 3. The summed E-state index contributed by atoms with van der Waals surface area (Å²) in [6.45, 7) is 4.15. The Labute approximate surface area is 149 Å². The largest absolute Gasteiger partial charge is 0.393 e. The lowest BCUT2D eigenvalue weighted by molar-refractivity contribution is -0.129. The van der Waals surface area contributed by atoms with Crippen molar-refractivity contribution in [2.75, 3.05) is 0 Å². The van der Waals surface area contributed by atoms with E-state index in [1.54, 1.807) is 0 Å². The number of aliphatic hydroxyl groups excluding tert-OH is 2. The predicted octanol–water partition coefficient (Wildman–Crippen LogP) is 2.59. The Hall–Kier alpha value is -0.890. The summed E-state index contributed by atoms with van der Waals surface area (Å²) in [7, 11) is 0. The van der Waals surface area contributed by atoms with E-state index in [9.17, 15) is 19.7 Å². The Morgan fingerprint density at radius 1 is 1.20 bits per heavy atom. The van der Waals surface area contributed by atoms with Crippen LogP contribution in [0, 0.1) is 40.9 Å². The highest BCUT2D eigenvalue weighted by atomic mass is 19.1. The average molecular weight is 348 g/mol. The van der Waals surface area contributed by atoms with Gasteiger partial charge in [0, 0.05) is 5.41 Å². The fourth-order valence-electron chi connectivity index (χ4n) is 6.87. The number of hydrogen-bond donors (Lipinski definition) is 3. The van der Waals surface area contributed by atoms with E-state index in [-0.39, 0.29) is 35.7 Å². The number of alkyl halides is 1. The molecule has 4 heteroatoms. The summed E-state index contributed by atoms with van der Waals surface area (Å²) < 4.78 is 14.8. The Morgan fingerprint density at radius 2 is 1.92 bits per heavy atom. The minimum absolute atomic E-state index is 0.0485. The maximum Gasteiger partial charge on any atom is 0.161 e. The molecule has 9 atom stereocenters. The van der Waals surface area contributed by atoms with Gasteiger partial charge in [0.25, 0.3) is 0 Å². The van der Waals surface area contributed by atoms with Crippen molar-refractivity contribution in [3.05, 3.63) is 11.6 Å². The number of terminal acetylenes is 1. The Morgan fingerprint density at radius 3 is 2.60 bits per heavy atom. The van der Waals surface area contributed by atoms with Crippen LogP contribution in [0.5, 0.6) is 0 Å². The van der Waals surface area contributed by atoms with E-state index in [0.29, 0.717) is 12.8 Å². The molecule has 0 spiro atoms. The number of hydrogen-bond acceptors (Lipinski definition) is 3. The zero-order chi connectivity index (χ0) is 18.2. The summed E-state index contributed by atoms with van der Waals surface area (Å²) >= 11 is 0. The third kappa shape index (κ3) is 2.04. The Kier molecular flexibility index (Phi) is 3.72. The minimum Gasteiger partial charge on any atom is -0.393 e. The van der Waals surface area contributed by atoms with Gasteiger partial charge in [-0.3, -0.25) is 0 Å². The third-order valence-corrected chi connectivity index (χ3v) is 8.50.